The van der Waals surface area contributed by atoms with E-state index in [-0.39, 0.29) is 12.6 Å². The maximum Gasteiger partial charge on any atom is 0.338 e. The SMILES string of the molecule is Cc1cccc2c3nc4ccccc4nc3n(CCOC(=O)c3ccccc3)c12. The summed E-state index contributed by atoms with van der Waals surface area (Å²) >= 11 is 0. The monoisotopic (exact) mass is 381 g/mol. The van der Waals surface area contributed by atoms with Crippen LogP contribution in [0.1, 0.15) is 15.9 Å². The molecule has 5 aromatic rings. The molecule has 0 radical (unpaired) electrons. The third-order valence-electron chi connectivity index (χ3n) is 5.13. The van der Waals surface area contributed by atoms with Crippen LogP contribution in [-0.2, 0) is 11.3 Å². The van der Waals surface area contributed by atoms with Crippen LogP contribution in [-0.4, -0.2) is 27.1 Å². The van der Waals surface area contributed by atoms with Gasteiger partial charge in [0, 0.05) is 5.39 Å². The van der Waals surface area contributed by atoms with E-state index in [4.69, 9.17) is 14.7 Å². The Balaban J connectivity index is 1.56. The minimum atomic E-state index is -0.320. The Morgan fingerprint density at radius 1 is 0.897 bits per heavy atom. The molecule has 0 spiro atoms. The smallest absolute Gasteiger partial charge is 0.338 e. The van der Waals surface area contributed by atoms with Gasteiger partial charge >= 0.3 is 5.97 Å². The highest BCUT2D eigenvalue weighted by molar-refractivity contribution is 6.07. The second-order valence-electron chi connectivity index (χ2n) is 7.01. The van der Waals surface area contributed by atoms with Crippen molar-refractivity contribution in [3.8, 4) is 0 Å². The van der Waals surface area contributed by atoms with Crippen LogP contribution in [0.15, 0.2) is 72.8 Å². The maximum atomic E-state index is 12.3. The zero-order chi connectivity index (χ0) is 19.8. The molecule has 5 heteroatoms. The van der Waals surface area contributed by atoms with Gasteiger partial charge in [-0.05, 0) is 36.8 Å². The average Bonchev–Trinajstić information content (AvgIpc) is 3.07. The molecule has 0 saturated heterocycles. The zero-order valence-corrected chi connectivity index (χ0v) is 16.0. The third kappa shape index (κ3) is 3.01. The number of aryl methyl sites for hydroxylation is 1. The van der Waals surface area contributed by atoms with Crippen molar-refractivity contribution in [1.82, 2.24) is 14.5 Å². The number of carbonyl (C=O) groups excluding carboxylic acids is 1. The standard InChI is InChI=1S/C24H19N3O2/c1-16-8-7-11-18-21-23(26-20-13-6-5-12-19(20)25-21)27(22(16)18)14-15-29-24(28)17-9-3-2-4-10-17/h2-13H,14-15H2,1H3. The lowest BCUT2D eigenvalue weighted by atomic mass is 10.1. The number of para-hydroxylation sites is 3. The summed E-state index contributed by atoms with van der Waals surface area (Å²) in [6.07, 6.45) is 0. The number of fused-ring (bicyclic) bond motifs is 4. The molecule has 0 aliphatic rings. The minimum Gasteiger partial charge on any atom is -0.460 e. The molecule has 0 aliphatic carbocycles. The number of aromatic nitrogens is 3. The molecule has 0 unspecified atom stereocenters. The number of carbonyl (C=O) groups is 1. The van der Waals surface area contributed by atoms with Gasteiger partial charge in [0.25, 0.3) is 0 Å². The summed E-state index contributed by atoms with van der Waals surface area (Å²) in [5, 5.41) is 1.06. The second-order valence-corrected chi connectivity index (χ2v) is 7.01. The molecular formula is C24H19N3O2. The zero-order valence-electron chi connectivity index (χ0n) is 16.0. The first-order chi connectivity index (χ1) is 14.2. The molecule has 0 N–H and O–H groups in total. The van der Waals surface area contributed by atoms with Crippen molar-refractivity contribution in [3.05, 3.63) is 83.9 Å². The van der Waals surface area contributed by atoms with Crippen molar-refractivity contribution in [3.63, 3.8) is 0 Å². The fourth-order valence-corrected chi connectivity index (χ4v) is 3.78. The summed E-state index contributed by atoms with van der Waals surface area (Å²) < 4.78 is 7.63. The lowest BCUT2D eigenvalue weighted by Crippen LogP contribution is -2.12. The van der Waals surface area contributed by atoms with E-state index >= 15 is 0 Å². The van der Waals surface area contributed by atoms with E-state index in [1.807, 2.05) is 48.5 Å². The van der Waals surface area contributed by atoms with E-state index in [0.29, 0.717) is 12.1 Å². The second kappa shape index (κ2) is 7.02. The molecule has 29 heavy (non-hydrogen) atoms. The van der Waals surface area contributed by atoms with E-state index in [2.05, 4.69) is 23.6 Å². The van der Waals surface area contributed by atoms with Gasteiger partial charge in [0.1, 0.15) is 12.1 Å². The van der Waals surface area contributed by atoms with E-state index in [9.17, 15) is 4.79 Å². The number of hydrogen-bond donors (Lipinski definition) is 0. The lowest BCUT2D eigenvalue weighted by Gasteiger charge is -2.09. The third-order valence-corrected chi connectivity index (χ3v) is 5.13. The van der Waals surface area contributed by atoms with Gasteiger partial charge in [-0.15, -0.1) is 0 Å². The first-order valence-corrected chi connectivity index (χ1v) is 9.59. The van der Waals surface area contributed by atoms with Gasteiger partial charge in [0.15, 0.2) is 5.65 Å². The Kier molecular flexibility index (Phi) is 4.21. The molecule has 0 saturated carbocycles. The van der Waals surface area contributed by atoms with E-state index < -0.39 is 0 Å². The number of esters is 1. The molecule has 0 atom stereocenters. The summed E-state index contributed by atoms with van der Waals surface area (Å²) in [6, 6.07) is 23.1. The molecule has 0 amide bonds. The van der Waals surface area contributed by atoms with Gasteiger partial charge in [0.2, 0.25) is 0 Å². The number of rotatable bonds is 4. The van der Waals surface area contributed by atoms with Gasteiger partial charge in [-0.2, -0.15) is 0 Å². The van der Waals surface area contributed by atoms with Crippen LogP contribution in [0.25, 0.3) is 33.1 Å². The lowest BCUT2D eigenvalue weighted by molar-refractivity contribution is 0.0493. The molecular weight excluding hydrogens is 362 g/mol. The fourth-order valence-electron chi connectivity index (χ4n) is 3.78. The van der Waals surface area contributed by atoms with Gasteiger partial charge in [-0.1, -0.05) is 48.5 Å². The number of nitrogens with zero attached hydrogens (tertiary/aromatic N) is 3. The molecule has 2 aromatic heterocycles. The predicted molar refractivity (Wildman–Crippen MR) is 114 cm³/mol. The number of benzene rings is 3. The van der Waals surface area contributed by atoms with E-state index in [0.717, 1.165) is 38.7 Å². The molecule has 0 bridgehead atoms. The normalized spacial score (nSPS) is 11.3. The quantitative estimate of drug-likeness (QED) is 0.415. The van der Waals surface area contributed by atoms with Crippen molar-refractivity contribution in [2.75, 3.05) is 6.61 Å². The molecule has 0 fully saturated rings. The van der Waals surface area contributed by atoms with Crippen LogP contribution >= 0.6 is 0 Å². The Bertz CT molecular complexity index is 1360. The molecule has 2 heterocycles. The van der Waals surface area contributed by atoms with Gasteiger partial charge in [-0.25, -0.2) is 14.8 Å². The molecule has 3 aromatic carbocycles. The first-order valence-electron chi connectivity index (χ1n) is 9.59. The topological polar surface area (TPSA) is 57.0 Å². The van der Waals surface area contributed by atoms with Crippen LogP contribution in [0.3, 0.4) is 0 Å². The van der Waals surface area contributed by atoms with Crippen LogP contribution in [0.5, 0.6) is 0 Å². The number of hydrogen-bond acceptors (Lipinski definition) is 4. The maximum absolute atomic E-state index is 12.3. The van der Waals surface area contributed by atoms with Crippen LogP contribution < -0.4 is 0 Å². The molecule has 5 nitrogen and oxygen atoms in total. The Labute approximate surface area is 167 Å². The highest BCUT2D eigenvalue weighted by Gasteiger charge is 2.16. The van der Waals surface area contributed by atoms with Crippen LogP contribution in [0.4, 0.5) is 0 Å². The molecule has 142 valence electrons. The summed E-state index contributed by atoms with van der Waals surface area (Å²) in [5.74, 6) is -0.320. The highest BCUT2D eigenvalue weighted by Crippen LogP contribution is 2.30. The molecule has 5 rings (SSSR count). The van der Waals surface area contributed by atoms with Crippen molar-refractivity contribution < 1.29 is 9.53 Å². The molecule has 0 aliphatic heterocycles. The minimum absolute atomic E-state index is 0.259. The van der Waals surface area contributed by atoms with Crippen molar-refractivity contribution in [2.45, 2.75) is 13.5 Å². The van der Waals surface area contributed by atoms with E-state index in [1.54, 1.807) is 12.1 Å². The van der Waals surface area contributed by atoms with Gasteiger partial charge in [-0.3, -0.25) is 0 Å². The highest BCUT2D eigenvalue weighted by atomic mass is 16.5. The summed E-state index contributed by atoms with van der Waals surface area (Å²) in [6.45, 7) is 2.85. The van der Waals surface area contributed by atoms with E-state index in [1.165, 1.54) is 0 Å². The predicted octanol–water partition coefficient (Wildman–Crippen LogP) is 4.90. The Morgan fingerprint density at radius 2 is 1.62 bits per heavy atom. The first kappa shape index (κ1) is 17.4. The van der Waals surface area contributed by atoms with Crippen molar-refractivity contribution >= 4 is 39.1 Å². The Hall–Kier alpha value is -3.73. The summed E-state index contributed by atoms with van der Waals surface area (Å²) in [7, 11) is 0. The average molecular weight is 381 g/mol. The summed E-state index contributed by atoms with van der Waals surface area (Å²) in [4.78, 5) is 22.0. The van der Waals surface area contributed by atoms with Crippen LogP contribution in [0, 0.1) is 6.92 Å². The van der Waals surface area contributed by atoms with Crippen LogP contribution in [0.2, 0.25) is 0 Å². The van der Waals surface area contributed by atoms with Crippen molar-refractivity contribution in [1.29, 1.82) is 0 Å². The summed E-state index contributed by atoms with van der Waals surface area (Å²) in [5.41, 5.74) is 6.17. The van der Waals surface area contributed by atoms with Gasteiger partial charge in [0.05, 0.1) is 28.7 Å². The number of ether oxygens (including phenoxy) is 1. The fraction of sp³-hybridized carbons (Fsp3) is 0.125. The Morgan fingerprint density at radius 3 is 2.41 bits per heavy atom. The van der Waals surface area contributed by atoms with Gasteiger partial charge < -0.3 is 9.30 Å². The largest absolute Gasteiger partial charge is 0.460 e. The van der Waals surface area contributed by atoms with Crippen molar-refractivity contribution in [2.24, 2.45) is 0 Å².